The number of amides is 2. The van der Waals surface area contributed by atoms with E-state index in [2.05, 4.69) is 15.6 Å². The van der Waals surface area contributed by atoms with Crippen LogP contribution in [0, 0.1) is 0 Å². The lowest BCUT2D eigenvalue weighted by Gasteiger charge is -2.11. The first kappa shape index (κ1) is 18.1. The van der Waals surface area contributed by atoms with Gasteiger partial charge >= 0.3 is 0 Å². The number of nitrogens with zero attached hydrogens (tertiary/aromatic N) is 1. The molecule has 0 saturated heterocycles. The van der Waals surface area contributed by atoms with Gasteiger partial charge in [0.05, 0.1) is 0 Å². The summed E-state index contributed by atoms with van der Waals surface area (Å²) in [5, 5.41) is 5.53. The Kier molecular flexibility index (Phi) is 6.09. The lowest BCUT2D eigenvalue weighted by molar-refractivity contribution is -0.117. The average Bonchev–Trinajstić information content (AvgIpc) is 2.73. The summed E-state index contributed by atoms with van der Waals surface area (Å²) in [6.07, 6.45) is 5.01. The number of rotatable bonds is 6. The second kappa shape index (κ2) is 9.10. The minimum absolute atomic E-state index is 0.180. The number of pyridine rings is 1. The molecule has 2 aromatic carbocycles. The van der Waals surface area contributed by atoms with Crippen LogP contribution in [-0.2, 0) is 11.3 Å². The maximum Gasteiger partial charge on any atom is 0.268 e. The molecule has 3 rings (SSSR count). The van der Waals surface area contributed by atoms with Gasteiger partial charge < -0.3 is 10.6 Å². The Morgan fingerprint density at radius 1 is 0.889 bits per heavy atom. The molecule has 2 amide bonds. The van der Waals surface area contributed by atoms with Crippen LogP contribution in [0.4, 0.5) is 0 Å². The third-order valence-corrected chi connectivity index (χ3v) is 3.82. The molecule has 0 aliphatic carbocycles. The van der Waals surface area contributed by atoms with E-state index in [1.54, 1.807) is 48.8 Å². The monoisotopic (exact) mass is 357 g/mol. The molecule has 2 N–H and O–H groups in total. The van der Waals surface area contributed by atoms with Crippen LogP contribution in [0.2, 0.25) is 0 Å². The van der Waals surface area contributed by atoms with Crippen LogP contribution in [0.25, 0.3) is 6.08 Å². The Bertz CT molecular complexity index is 924. The molecule has 5 nitrogen and oxygen atoms in total. The normalized spacial score (nSPS) is 10.9. The first-order chi connectivity index (χ1) is 13.2. The molecule has 134 valence electrons. The molecular weight excluding hydrogens is 338 g/mol. The minimum atomic E-state index is -0.369. The molecule has 0 atom stereocenters. The molecule has 0 saturated carbocycles. The van der Waals surface area contributed by atoms with Crippen LogP contribution >= 0.6 is 0 Å². The third kappa shape index (κ3) is 5.37. The number of hydrogen-bond donors (Lipinski definition) is 2. The molecule has 3 aromatic rings. The fourth-order valence-corrected chi connectivity index (χ4v) is 2.44. The van der Waals surface area contributed by atoms with E-state index in [9.17, 15) is 9.59 Å². The van der Waals surface area contributed by atoms with Crippen molar-refractivity contribution in [2.75, 3.05) is 0 Å². The molecular formula is C22H19N3O2. The van der Waals surface area contributed by atoms with Gasteiger partial charge in [-0.1, -0.05) is 54.6 Å². The molecule has 0 spiro atoms. The van der Waals surface area contributed by atoms with Gasteiger partial charge in [0.25, 0.3) is 11.8 Å². The van der Waals surface area contributed by atoms with Gasteiger partial charge in [0.1, 0.15) is 5.70 Å². The van der Waals surface area contributed by atoms with Crippen LogP contribution in [0.3, 0.4) is 0 Å². The van der Waals surface area contributed by atoms with Gasteiger partial charge in [-0.25, -0.2) is 0 Å². The van der Waals surface area contributed by atoms with Gasteiger partial charge in [-0.15, -0.1) is 0 Å². The predicted octanol–water partition coefficient (Wildman–Crippen LogP) is 3.17. The van der Waals surface area contributed by atoms with Gasteiger partial charge in [0.15, 0.2) is 0 Å². The maximum atomic E-state index is 12.7. The van der Waals surface area contributed by atoms with Crippen LogP contribution in [-0.4, -0.2) is 16.8 Å². The summed E-state index contributed by atoms with van der Waals surface area (Å²) >= 11 is 0. The van der Waals surface area contributed by atoms with E-state index in [4.69, 9.17) is 0 Å². The Balaban J connectivity index is 1.78. The second-order valence-corrected chi connectivity index (χ2v) is 5.83. The van der Waals surface area contributed by atoms with Crippen LogP contribution < -0.4 is 10.6 Å². The highest BCUT2D eigenvalue weighted by Gasteiger charge is 2.14. The van der Waals surface area contributed by atoms with Crippen molar-refractivity contribution in [3.05, 3.63) is 108 Å². The van der Waals surface area contributed by atoms with E-state index in [1.807, 2.05) is 42.5 Å². The largest absolute Gasteiger partial charge is 0.347 e. The van der Waals surface area contributed by atoms with Gasteiger partial charge in [-0.3, -0.25) is 14.6 Å². The number of benzene rings is 2. The van der Waals surface area contributed by atoms with Crippen LogP contribution in [0.15, 0.2) is 90.9 Å². The summed E-state index contributed by atoms with van der Waals surface area (Å²) in [4.78, 5) is 29.2. The molecule has 27 heavy (non-hydrogen) atoms. The Morgan fingerprint density at radius 2 is 1.59 bits per heavy atom. The Hall–Kier alpha value is -3.73. The number of nitrogens with one attached hydrogen (secondary N) is 2. The molecule has 0 unspecified atom stereocenters. The summed E-state index contributed by atoms with van der Waals surface area (Å²) in [7, 11) is 0. The average molecular weight is 357 g/mol. The zero-order valence-corrected chi connectivity index (χ0v) is 14.6. The standard InChI is InChI=1S/C22H19N3O2/c26-21(19-11-5-2-6-12-19)25-20(14-17-8-3-1-4-9-17)22(27)24-16-18-10-7-13-23-15-18/h1-15H,16H2,(H,24,27)(H,25,26)/b20-14+. The number of carbonyl (C=O) groups excluding carboxylic acids is 2. The third-order valence-electron chi connectivity index (χ3n) is 3.82. The Morgan fingerprint density at radius 3 is 2.26 bits per heavy atom. The fourth-order valence-electron chi connectivity index (χ4n) is 2.44. The molecule has 0 radical (unpaired) electrons. The lowest BCUT2D eigenvalue weighted by Crippen LogP contribution is -2.34. The molecule has 0 aliphatic heterocycles. The minimum Gasteiger partial charge on any atom is -0.347 e. The summed E-state index contributed by atoms with van der Waals surface area (Å²) in [5.74, 6) is -0.707. The zero-order valence-electron chi connectivity index (χ0n) is 14.6. The quantitative estimate of drug-likeness (QED) is 0.666. The highest BCUT2D eigenvalue weighted by atomic mass is 16.2. The van der Waals surface area contributed by atoms with Crippen molar-refractivity contribution < 1.29 is 9.59 Å². The molecule has 1 heterocycles. The summed E-state index contributed by atoms with van der Waals surface area (Å²) < 4.78 is 0. The SMILES string of the molecule is O=C(NCc1cccnc1)/C(=C\c1ccccc1)NC(=O)c1ccccc1. The van der Waals surface area contributed by atoms with E-state index in [1.165, 1.54) is 0 Å². The topological polar surface area (TPSA) is 71.1 Å². The smallest absolute Gasteiger partial charge is 0.268 e. The zero-order chi connectivity index (χ0) is 18.9. The molecule has 1 aromatic heterocycles. The number of hydrogen-bond acceptors (Lipinski definition) is 3. The van der Waals surface area contributed by atoms with E-state index in [0.717, 1.165) is 11.1 Å². The summed E-state index contributed by atoms with van der Waals surface area (Å²) in [6, 6.07) is 21.8. The highest BCUT2D eigenvalue weighted by Crippen LogP contribution is 2.07. The highest BCUT2D eigenvalue weighted by molar-refractivity contribution is 6.05. The number of carbonyl (C=O) groups is 2. The van der Waals surface area contributed by atoms with Crippen molar-refractivity contribution in [3.63, 3.8) is 0 Å². The van der Waals surface area contributed by atoms with Gasteiger partial charge in [0.2, 0.25) is 0 Å². The lowest BCUT2D eigenvalue weighted by atomic mass is 10.1. The fraction of sp³-hybridized carbons (Fsp3) is 0.0455. The molecule has 5 heteroatoms. The summed E-state index contributed by atoms with van der Waals surface area (Å²) in [6.45, 7) is 0.319. The van der Waals surface area contributed by atoms with Crippen LogP contribution in [0.5, 0.6) is 0 Å². The molecule has 0 aliphatic rings. The van der Waals surface area contributed by atoms with Crippen molar-refractivity contribution in [3.8, 4) is 0 Å². The van der Waals surface area contributed by atoms with Crippen molar-refractivity contribution in [1.82, 2.24) is 15.6 Å². The first-order valence-electron chi connectivity index (χ1n) is 8.52. The van der Waals surface area contributed by atoms with Gasteiger partial charge in [-0.05, 0) is 35.4 Å². The maximum absolute atomic E-state index is 12.7. The predicted molar refractivity (Wildman–Crippen MR) is 104 cm³/mol. The van der Waals surface area contributed by atoms with Gasteiger partial charge in [0, 0.05) is 24.5 Å². The summed E-state index contributed by atoms with van der Waals surface area (Å²) in [5.41, 5.74) is 2.35. The molecule has 0 bridgehead atoms. The van der Waals surface area contributed by atoms with E-state index >= 15 is 0 Å². The second-order valence-electron chi connectivity index (χ2n) is 5.83. The van der Waals surface area contributed by atoms with Crippen molar-refractivity contribution >= 4 is 17.9 Å². The van der Waals surface area contributed by atoms with Crippen LogP contribution in [0.1, 0.15) is 21.5 Å². The Labute approximate surface area is 157 Å². The molecule has 0 fully saturated rings. The van der Waals surface area contributed by atoms with Gasteiger partial charge in [-0.2, -0.15) is 0 Å². The van der Waals surface area contributed by atoms with Crippen molar-refractivity contribution in [2.45, 2.75) is 6.54 Å². The van der Waals surface area contributed by atoms with Crippen molar-refractivity contribution in [1.29, 1.82) is 0 Å². The van der Waals surface area contributed by atoms with Crippen molar-refractivity contribution in [2.24, 2.45) is 0 Å². The number of aromatic nitrogens is 1. The van der Waals surface area contributed by atoms with E-state index in [-0.39, 0.29) is 17.5 Å². The first-order valence-corrected chi connectivity index (χ1v) is 8.52. The van der Waals surface area contributed by atoms with E-state index in [0.29, 0.717) is 12.1 Å². The van der Waals surface area contributed by atoms with E-state index < -0.39 is 0 Å².